The van der Waals surface area contributed by atoms with Gasteiger partial charge in [0.25, 0.3) is 0 Å². The monoisotopic (exact) mass is 251 g/mol. The van der Waals surface area contributed by atoms with Crippen LogP contribution in [0.15, 0.2) is 36.4 Å². The van der Waals surface area contributed by atoms with Gasteiger partial charge in [-0.15, -0.1) is 0 Å². The van der Waals surface area contributed by atoms with E-state index in [0.717, 1.165) is 10.9 Å². The van der Waals surface area contributed by atoms with Crippen molar-refractivity contribution in [3.8, 4) is 5.75 Å². The summed E-state index contributed by atoms with van der Waals surface area (Å²) in [5, 5.41) is 4.63. The Balaban J connectivity index is 2.62. The van der Waals surface area contributed by atoms with Crippen LogP contribution in [0.1, 0.15) is 18.5 Å². The van der Waals surface area contributed by atoms with Crippen LogP contribution < -0.4 is 10.1 Å². The molecule has 0 spiro atoms. The molecule has 0 amide bonds. The number of halogens is 2. The third kappa shape index (κ3) is 2.43. The molecule has 1 N–H and O–H groups in total. The molecule has 2 rings (SSSR count). The lowest BCUT2D eigenvalue weighted by atomic mass is 10.0. The van der Waals surface area contributed by atoms with Crippen molar-refractivity contribution in [1.82, 2.24) is 5.32 Å². The summed E-state index contributed by atoms with van der Waals surface area (Å²) < 4.78 is 29.8. The minimum Gasteiger partial charge on any atom is -0.434 e. The number of hydrogen-bond donors (Lipinski definition) is 1. The Labute approximate surface area is 105 Å². The molecule has 0 radical (unpaired) electrons. The van der Waals surface area contributed by atoms with Gasteiger partial charge in [0.15, 0.2) is 0 Å². The first kappa shape index (κ1) is 12.8. The third-order valence-electron chi connectivity index (χ3n) is 3.02. The number of ether oxygens (including phenoxy) is 1. The van der Waals surface area contributed by atoms with Crippen LogP contribution in [0.4, 0.5) is 8.78 Å². The molecule has 2 nitrogen and oxygen atoms in total. The van der Waals surface area contributed by atoms with Crippen LogP contribution in [-0.2, 0) is 0 Å². The number of hydrogen-bond acceptors (Lipinski definition) is 2. The van der Waals surface area contributed by atoms with E-state index >= 15 is 0 Å². The Morgan fingerprint density at radius 2 is 1.83 bits per heavy atom. The van der Waals surface area contributed by atoms with Crippen molar-refractivity contribution in [1.29, 1.82) is 0 Å². The maximum atomic E-state index is 12.6. The second kappa shape index (κ2) is 5.31. The lowest BCUT2D eigenvalue weighted by Gasteiger charge is -2.18. The fourth-order valence-corrected chi connectivity index (χ4v) is 1.98. The average molecular weight is 251 g/mol. The molecule has 0 aliphatic carbocycles. The number of benzene rings is 2. The fraction of sp³-hybridized carbons (Fsp3) is 0.286. The van der Waals surface area contributed by atoms with E-state index in [2.05, 4.69) is 5.32 Å². The molecule has 0 saturated carbocycles. The van der Waals surface area contributed by atoms with Gasteiger partial charge in [-0.25, -0.2) is 0 Å². The standard InChI is InChI=1S/C14H15F2NO/c1-9(17-2)11-8-7-10-5-3-4-6-12(10)13(11)18-14(15)16/h3-9,14,17H,1-2H3. The van der Waals surface area contributed by atoms with Crippen LogP contribution in [-0.4, -0.2) is 13.7 Å². The third-order valence-corrected chi connectivity index (χ3v) is 3.02. The minimum atomic E-state index is -2.82. The Kier molecular flexibility index (Phi) is 3.77. The smallest absolute Gasteiger partial charge is 0.387 e. The lowest BCUT2D eigenvalue weighted by molar-refractivity contribution is -0.0495. The first-order chi connectivity index (χ1) is 8.63. The van der Waals surface area contributed by atoms with Crippen molar-refractivity contribution < 1.29 is 13.5 Å². The van der Waals surface area contributed by atoms with Gasteiger partial charge in [-0.1, -0.05) is 36.4 Å². The number of alkyl halides is 2. The number of nitrogens with one attached hydrogen (secondary N) is 1. The van der Waals surface area contributed by atoms with Gasteiger partial charge in [-0.2, -0.15) is 8.78 Å². The highest BCUT2D eigenvalue weighted by Crippen LogP contribution is 2.34. The molecule has 2 aromatic rings. The van der Waals surface area contributed by atoms with Gasteiger partial charge in [0.2, 0.25) is 0 Å². The summed E-state index contributed by atoms with van der Waals surface area (Å²) >= 11 is 0. The summed E-state index contributed by atoms with van der Waals surface area (Å²) in [6.45, 7) is -0.916. The molecule has 0 aromatic heterocycles. The summed E-state index contributed by atoms with van der Waals surface area (Å²) in [6.07, 6.45) is 0. The lowest BCUT2D eigenvalue weighted by Crippen LogP contribution is -2.15. The summed E-state index contributed by atoms with van der Waals surface area (Å²) in [5.41, 5.74) is 0.733. The predicted molar refractivity (Wildman–Crippen MR) is 68.1 cm³/mol. The van der Waals surface area contributed by atoms with Gasteiger partial charge in [-0.3, -0.25) is 0 Å². The SMILES string of the molecule is CNC(C)c1ccc2ccccc2c1OC(F)F. The van der Waals surface area contributed by atoms with Crippen molar-refractivity contribution in [3.63, 3.8) is 0 Å². The van der Waals surface area contributed by atoms with Gasteiger partial charge in [0.05, 0.1) is 0 Å². The maximum Gasteiger partial charge on any atom is 0.387 e. The van der Waals surface area contributed by atoms with E-state index in [9.17, 15) is 8.78 Å². The van der Waals surface area contributed by atoms with Crippen molar-refractivity contribution >= 4 is 10.8 Å². The van der Waals surface area contributed by atoms with Crippen LogP contribution in [0.3, 0.4) is 0 Å². The molecule has 0 heterocycles. The Morgan fingerprint density at radius 3 is 2.50 bits per heavy atom. The molecule has 0 fully saturated rings. The molecule has 18 heavy (non-hydrogen) atoms. The largest absolute Gasteiger partial charge is 0.434 e. The zero-order valence-corrected chi connectivity index (χ0v) is 10.3. The Bertz CT molecular complexity index is 542. The molecule has 0 aliphatic rings. The quantitative estimate of drug-likeness (QED) is 0.894. The summed E-state index contributed by atoms with van der Waals surface area (Å²) in [6, 6.07) is 11.0. The maximum absolute atomic E-state index is 12.6. The Hall–Kier alpha value is -1.68. The zero-order chi connectivity index (χ0) is 13.1. The van der Waals surface area contributed by atoms with E-state index in [0.29, 0.717) is 5.39 Å². The van der Waals surface area contributed by atoms with Gasteiger partial charge in [-0.05, 0) is 19.4 Å². The highest BCUT2D eigenvalue weighted by Gasteiger charge is 2.16. The molecular weight excluding hydrogens is 236 g/mol. The molecule has 0 saturated heterocycles. The van der Waals surface area contributed by atoms with Gasteiger partial charge >= 0.3 is 6.61 Å². The summed E-state index contributed by atoms with van der Waals surface area (Å²) in [7, 11) is 1.78. The molecule has 96 valence electrons. The summed E-state index contributed by atoms with van der Waals surface area (Å²) in [4.78, 5) is 0. The Morgan fingerprint density at radius 1 is 1.11 bits per heavy atom. The highest BCUT2D eigenvalue weighted by molar-refractivity contribution is 5.89. The van der Waals surface area contributed by atoms with Crippen molar-refractivity contribution in [2.75, 3.05) is 7.05 Å². The average Bonchev–Trinajstić information content (AvgIpc) is 2.37. The molecule has 0 aliphatic heterocycles. The first-order valence-electron chi connectivity index (χ1n) is 5.77. The van der Waals surface area contributed by atoms with E-state index < -0.39 is 6.61 Å². The van der Waals surface area contributed by atoms with Gasteiger partial charge in [0, 0.05) is 17.0 Å². The number of rotatable bonds is 4. The van der Waals surface area contributed by atoms with Crippen molar-refractivity contribution in [2.45, 2.75) is 19.6 Å². The molecule has 2 aromatic carbocycles. The van der Waals surface area contributed by atoms with E-state index in [-0.39, 0.29) is 11.8 Å². The minimum absolute atomic E-state index is 0.0524. The van der Waals surface area contributed by atoms with Gasteiger partial charge in [0.1, 0.15) is 5.75 Å². The normalized spacial score (nSPS) is 12.9. The first-order valence-corrected chi connectivity index (χ1v) is 5.77. The zero-order valence-electron chi connectivity index (χ0n) is 10.3. The van der Waals surface area contributed by atoms with Crippen LogP contribution in [0.25, 0.3) is 10.8 Å². The topological polar surface area (TPSA) is 21.3 Å². The number of fused-ring (bicyclic) bond motifs is 1. The van der Waals surface area contributed by atoms with E-state index in [4.69, 9.17) is 4.74 Å². The second-order valence-corrected chi connectivity index (χ2v) is 4.09. The van der Waals surface area contributed by atoms with Crippen LogP contribution >= 0.6 is 0 Å². The molecule has 4 heteroatoms. The predicted octanol–water partition coefficient (Wildman–Crippen LogP) is 3.72. The highest BCUT2D eigenvalue weighted by atomic mass is 19.3. The van der Waals surface area contributed by atoms with E-state index in [1.165, 1.54) is 0 Å². The van der Waals surface area contributed by atoms with Crippen LogP contribution in [0, 0.1) is 0 Å². The van der Waals surface area contributed by atoms with E-state index in [1.54, 1.807) is 13.1 Å². The van der Waals surface area contributed by atoms with E-state index in [1.807, 2.05) is 37.3 Å². The van der Waals surface area contributed by atoms with Gasteiger partial charge < -0.3 is 10.1 Å². The molecule has 1 atom stereocenters. The molecule has 1 unspecified atom stereocenters. The fourth-order valence-electron chi connectivity index (χ4n) is 1.98. The molecular formula is C14H15F2NO. The molecule has 0 bridgehead atoms. The van der Waals surface area contributed by atoms with Crippen molar-refractivity contribution in [2.24, 2.45) is 0 Å². The summed E-state index contributed by atoms with van der Waals surface area (Å²) in [5.74, 6) is 0.255. The van der Waals surface area contributed by atoms with Crippen LogP contribution in [0.5, 0.6) is 5.75 Å². The van der Waals surface area contributed by atoms with Crippen molar-refractivity contribution in [3.05, 3.63) is 42.0 Å². The second-order valence-electron chi connectivity index (χ2n) is 4.09. The van der Waals surface area contributed by atoms with Crippen LogP contribution in [0.2, 0.25) is 0 Å².